The van der Waals surface area contributed by atoms with E-state index in [0.717, 1.165) is 43.2 Å². The van der Waals surface area contributed by atoms with Crippen LogP contribution in [0.15, 0.2) is 110 Å². The molecule has 224 valence electrons. The molecule has 0 spiro atoms. The first kappa shape index (κ1) is 32.3. The molecule has 9 nitrogen and oxygen atoms in total. The highest BCUT2D eigenvalue weighted by Crippen LogP contribution is 2.33. The third kappa shape index (κ3) is 8.94. The lowest BCUT2D eigenvalue weighted by Crippen LogP contribution is -3.05. The first-order valence-electron chi connectivity index (χ1n) is 13.5. The molecule has 2 N–H and O–H groups in total. The Balaban J connectivity index is 0.000000202. The van der Waals surface area contributed by atoms with Crippen LogP contribution >= 0.6 is 31.9 Å². The fourth-order valence-corrected chi connectivity index (χ4v) is 5.80. The van der Waals surface area contributed by atoms with E-state index in [-0.39, 0.29) is 19.3 Å². The molecule has 2 unspecified atom stereocenters. The number of quaternary nitrogens is 1. The molecule has 4 aromatic rings. The van der Waals surface area contributed by atoms with Crippen molar-refractivity contribution < 1.29 is 38.6 Å². The number of carboxylic acid groups (broad SMARTS) is 2. The summed E-state index contributed by atoms with van der Waals surface area (Å²) in [6.45, 7) is 2.06. The average Bonchev–Trinajstić information content (AvgIpc) is 3.67. The third-order valence-corrected chi connectivity index (χ3v) is 7.63. The summed E-state index contributed by atoms with van der Waals surface area (Å²) in [4.78, 5) is 28.0. The normalized spacial score (nSPS) is 15.9. The van der Waals surface area contributed by atoms with Crippen LogP contribution in [0.4, 0.5) is 0 Å². The predicted octanol–water partition coefficient (Wildman–Crippen LogP) is 4.80. The van der Waals surface area contributed by atoms with E-state index < -0.39 is 24.1 Å². The molecule has 0 saturated carbocycles. The van der Waals surface area contributed by atoms with Crippen molar-refractivity contribution in [1.29, 1.82) is 0 Å². The van der Waals surface area contributed by atoms with Crippen molar-refractivity contribution in [2.45, 2.75) is 44.8 Å². The van der Waals surface area contributed by atoms with E-state index in [4.69, 9.17) is 13.9 Å². The lowest BCUT2D eigenvalue weighted by molar-refractivity contribution is -0.777. The molecule has 0 bridgehead atoms. The largest absolute Gasteiger partial charge is 0.547 e. The van der Waals surface area contributed by atoms with Crippen molar-refractivity contribution >= 4 is 61.1 Å². The number of fused-ring (bicyclic) bond motifs is 1. The third-order valence-electron chi connectivity index (χ3n) is 6.58. The molecule has 0 radical (unpaired) electrons. The number of nitrogens with zero attached hydrogens (tertiary/aromatic N) is 1. The van der Waals surface area contributed by atoms with Crippen molar-refractivity contribution in [2.24, 2.45) is 4.99 Å². The summed E-state index contributed by atoms with van der Waals surface area (Å²) in [5.41, 5.74) is 2.34. The zero-order valence-corrected chi connectivity index (χ0v) is 26.4. The molecule has 4 atom stereocenters. The summed E-state index contributed by atoms with van der Waals surface area (Å²) in [5, 5.41) is 21.7. The molecule has 1 aliphatic rings. The zero-order chi connectivity index (χ0) is 30.8. The van der Waals surface area contributed by atoms with E-state index in [0.29, 0.717) is 0 Å². The van der Waals surface area contributed by atoms with E-state index in [1.807, 2.05) is 36.9 Å². The molecule has 43 heavy (non-hydrogen) atoms. The van der Waals surface area contributed by atoms with Crippen molar-refractivity contribution in [3.8, 4) is 0 Å². The number of furan rings is 1. The summed E-state index contributed by atoms with van der Waals surface area (Å²) in [6, 6.07) is 24.1. The van der Waals surface area contributed by atoms with Gasteiger partial charge in [-0.1, -0.05) is 83.5 Å². The van der Waals surface area contributed by atoms with Crippen LogP contribution in [0.5, 0.6) is 0 Å². The first-order chi connectivity index (χ1) is 20.8. The quantitative estimate of drug-likeness (QED) is 0.216. The minimum absolute atomic E-state index is 0.0454. The second-order valence-electron chi connectivity index (χ2n) is 9.60. The Kier molecular flexibility index (Phi) is 11.8. The van der Waals surface area contributed by atoms with Crippen LogP contribution in [0.2, 0.25) is 0 Å². The van der Waals surface area contributed by atoms with Gasteiger partial charge in [0, 0.05) is 16.3 Å². The number of hydrogen-bond donors (Lipinski definition) is 2. The van der Waals surface area contributed by atoms with Gasteiger partial charge in [-0.2, -0.15) is 0 Å². The van der Waals surface area contributed by atoms with Crippen molar-refractivity contribution in [2.75, 3.05) is 0 Å². The molecule has 11 heteroatoms. The van der Waals surface area contributed by atoms with Gasteiger partial charge in [0.15, 0.2) is 24.2 Å². The Morgan fingerprint density at radius 1 is 0.953 bits per heavy atom. The highest BCUT2D eigenvalue weighted by molar-refractivity contribution is 9.11. The number of halogens is 2. The fourth-order valence-electron chi connectivity index (χ4n) is 4.46. The number of rotatable bonds is 12. The lowest BCUT2D eigenvalue weighted by Gasteiger charge is -2.25. The molecule has 0 amide bonds. The number of carboxylic acids is 2. The first-order valence-corrected chi connectivity index (χ1v) is 15.0. The van der Waals surface area contributed by atoms with Crippen LogP contribution in [0.3, 0.4) is 0 Å². The standard InChI is InChI=1S/C18H18O6.C14H12Br2N2O/c19-17(20)15(23-11-13-7-3-1-4-8-13)16(18(21)22)24-12-14-9-5-2-6-10-14;1-2-12(18-4-3-17-8-18)13-6-9-5-10(15)7-11(16)14(9)19-13/h1-10,15-16H,11-12H2,(H,19,20)(H,21,22);3-8,12H,2H2,1H3/t15-,16-;/m1./s1. The number of ether oxygens (including phenoxy) is 2. The minimum atomic E-state index is -1.72. The summed E-state index contributed by atoms with van der Waals surface area (Å²) >= 11 is 7.05. The molecular formula is C32H30Br2N2O7. The highest BCUT2D eigenvalue weighted by atomic mass is 79.9. The summed E-state index contributed by atoms with van der Waals surface area (Å²) < 4.78 is 18.5. The van der Waals surface area contributed by atoms with Gasteiger partial charge in [0.25, 0.3) is 0 Å². The van der Waals surface area contributed by atoms with Crippen molar-refractivity contribution in [3.05, 3.63) is 117 Å². The Bertz CT molecular complexity index is 1500. The Hall–Kier alpha value is -3.61. The van der Waals surface area contributed by atoms with Gasteiger partial charge in [-0.05, 0) is 45.3 Å². The van der Waals surface area contributed by atoms with E-state index in [1.54, 1.807) is 48.5 Å². The maximum atomic E-state index is 11.4. The monoisotopic (exact) mass is 712 g/mol. The van der Waals surface area contributed by atoms with Gasteiger partial charge in [0.05, 0.1) is 29.9 Å². The Labute approximate surface area is 265 Å². The van der Waals surface area contributed by atoms with Crippen LogP contribution in [0.25, 0.3) is 11.0 Å². The molecular weight excluding hydrogens is 684 g/mol. The van der Waals surface area contributed by atoms with Crippen LogP contribution in [0, 0.1) is 0 Å². The van der Waals surface area contributed by atoms with E-state index in [1.165, 1.54) is 4.90 Å². The van der Waals surface area contributed by atoms with Gasteiger partial charge in [0.2, 0.25) is 0 Å². The molecule has 0 saturated heterocycles. The van der Waals surface area contributed by atoms with Crippen LogP contribution in [0.1, 0.15) is 36.3 Å². The van der Waals surface area contributed by atoms with Gasteiger partial charge in [0.1, 0.15) is 17.9 Å². The molecule has 0 aliphatic carbocycles. The van der Waals surface area contributed by atoms with Gasteiger partial charge < -0.3 is 28.9 Å². The zero-order valence-electron chi connectivity index (χ0n) is 23.2. The summed E-state index contributed by atoms with van der Waals surface area (Å²) in [7, 11) is 0. The lowest BCUT2D eigenvalue weighted by atomic mass is 10.1. The summed E-state index contributed by atoms with van der Waals surface area (Å²) in [6.07, 6.45) is 3.39. The molecule has 5 rings (SSSR count). The van der Waals surface area contributed by atoms with E-state index >= 15 is 0 Å². The molecule has 1 aromatic heterocycles. The SMILES string of the molecule is CCC(c1cc2cc(Br)cc(Br)c2o1)[NH+]1C=CN=C1.O=C([O-])[C@H](OCc1ccccc1)[C@@H](OCc1ccccc1)C(=O)O. The van der Waals surface area contributed by atoms with Crippen LogP contribution in [-0.4, -0.2) is 35.6 Å². The number of carbonyl (C=O) groups is 2. The number of aliphatic carboxylic acids is 2. The minimum Gasteiger partial charge on any atom is -0.547 e. The second-order valence-corrected chi connectivity index (χ2v) is 11.4. The molecule has 1 aliphatic heterocycles. The molecule has 3 aromatic carbocycles. The van der Waals surface area contributed by atoms with Crippen molar-refractivity contribution in [1.82, 2.24) is 0 Å². The smallest absolute Gasteiger partial charge is 0.335 e. The van der Waals surface area contributed by atoms with Gasteiger partial charge in [-0.15, -0.1) is 0 Å². The number of hydrogen-bond acceptors (Lipinski definition) is 7. The number of carbonyl (C=O) groups excluding carboxylic acids is 1. The Morgan fingerprint density at radius 2 is 1.56 bits per heavy atom. The van der Waals surface area contributed by atoms with Crippen LogP contribution < -0.4 is 10.0 Å². The van der Waals surface area contributed by atoms with Crippen molar-refractivity contribution in [3.63, 3.8) is 0 Å². The molecule has 0 fully saturated rings. The van der Waals surface area contributed by atoms with E-state index in [9.17, 15) is 19.8 Å². The van der Waals surface area contributed by atoms with E-state index in [2.05, 4.69) is 55.9 Å². The van der Waals surface area contributed by atoms with Gasteiger partial charge in [-0.25, -0.2) is 9.79 Å². The van der Waals surface area contributed by atoms with Gasteiger partial charge in [-0.3, -0.25) is 4.90 Å². The summed E-state index contributed by atoms with van der Waals surface area (Å²) in [5.74, 6) is -2.07. The fraction of sp³-hybridized carbons (Fsp3) is 0.219. The highest BCUT2D eigenvalue weighted by Gasteiger charge is 2.31. The average molecular weight is 714 g/mol. The maximum absolute atomic E-state index is 11.4. The number of benzene rings is 3. The van der Waals surface area contributed by atoms with Gasteiger partial charge >= 0.3 is 5.97 Å². The number of nitrogens with one attached hydrogen (secondary N) is 1. The predicted molar refractivity (Wildman–Crippen MR) is 166 cm³/mol. The number of aliphatic imine (C=N–C) groups is 1. The topological polar surface area (TPSA) is 126 Å². The second kappa shape index (κ2) is 15.7. The Morgan fingerprint density at radius 3 is 2.07 bits per heavy atom. The maximum Gasteiger partial charge on any atom is 0.335 e. The molecule has 2 heterocycles. The van der Waals surface area contributed by atoms with Crippen LogP contribution in [-0.2, 0) is 32.3 Å².